The van der Waals surface area contributed by atoms with Gasteiger partial charge in [0.25, 0.3) is 6.43 Å². The Labute approximate surface area is 137 Å². The van der Waals surface area contributed by atoms with Crippen LogP contribution in [0.15, 0.2) is 24.3 Å². The third kappa shape index (κ3) is 5.60. The zero-order valence-corrected chi connectivity index (χ0v) is 13.8. The van der Waals surface area contributed by atoms with Crippen molar-refractivity contribution in [2.75, 3.05) is 6.61 Å². The van der Waals surface area contributed by atoms with Gasteiger partial charge in [-0.15, -0.1) is 0 Å². The van der Waals surface area contributed by atoms with Gasteiger partial charge in [-0.1, -0.05) is 37.6 Å². The minimum absolute atomic E-state index is 0.214. The smallest absolute Gasteiger partial charge is 0.309 e. The molecule has 0 aliphatic heterocycles. The first kappa shape index (κ1) is 17.9. The molecule has 1 saturated carbocycles. The molecule has 2 nitrogen and oxygen atoms in total. The van der Waals surface area contributed by atoms with E-state index in [0.717, 1.165) is 32.1 Å². The van der Waals surface area contributed by atoms with Gasteiger partial charge in [0.1, 0.15) is 0 Å². The molecule has 0 bridgehead atoms. The van der Waals surface area contributed by atoms with Gasteiger partial charge in [-0.3, -0.25) is 4.79 Å². The maximum absolute atomic E-state index is 12.1. The van der Waals surface area contributed by atoms with Gasteiger partial charge in [0.05, 0.1) is 5.92 Å². The summed E-state index contributed by atoms with van der Waals surface area (Å²) >= 11 is 0. The lowest BCUT2D eigenvalue weighted by molar-refractivity contribution is -0.153. The maximum atomic E-state index is 12.1. The summed E-state index contributed by atoms with van der Waals surface area (Å²) in [5.41, 5.74) is 2.70. The van der Waals surface area contributed by atoms with E-state index in [0.29, 0.717) is 5.92 Å². The second-order valence-electron chi connectivity index (χ2n) is 6.41. The Hall–Kier alpha value is -1.45. The van der Waals surface area contributed by atoms with E-state index < -0.39 is 19.0 Å². The van der Waals surface area contributed by atoms with Crippen molar-refractivity contribution in [2.45, 2.75) is 64.2 Å². The molecule has 1 aliphatic rings. The standard InChI is InChI=1S/C19H26F2O2/c1-2-3-4-14-5-7-15(8-6-14)16-9-11-17(12-10-16)19(22)23-13-18(20)21/h5-8,16-18H,2-4,9-13H2,1H3/t16-,17-. The molecule has 0 amide bonds. The maximum Gasteiger partial charge on any atom is 0.309 e. The van der Waals surface area contributed by atoms with Gasteiger partial charge in [-0.2, -0.15) is 0 Å². The quantitative estimate of drug-likeness (QED) is 0.651. The van der Waals surface area contributed by atoms with E-state index in [2.05, 4.69) is 35.9 Å². The number of esters is 1. The van der Waals surface area contributed by atoms with Gasteiger partial charge in [-0.05, 0) is 55.6 Å². The molecule has 4 heteroatoms. The van der Waals surface area contributed by atoms with E-state index in [1.807, 2.05) is 0 Å². The van der Waals surface area contributed by atoms with Crippen LogP contribution in [0, 0.1) is 5.92 Å². The van der Waals surface area contributed by atoms with Crippen molar-refractivity contribution in [3.05, 3.63) is 35.4 Å². The highest BCUT2D eigenvalue weighted by Gasteiger charge is 2.28. The summed E-state index contributed by atoms with van der Waals surface area (Å²) in [7, 11) is 0. The molecular weight excluding hydrogens is 298 g/mol. The third-order valence-electron chi connectivity index (χ3n) is 4.68. The zero-order chi connectivity index (χ0) is 16.7. The number of benzene rings is 1. The molecule has 128 valence electrons. The molecule has 0 radical (unpaired) electrons. The predicted molar refractivity (Wildman–Crippen MR) is 86.7 cm³/mol. The summed E-state index contributed by atoms with van der Waals surface area (Å²) in [5, 5.41) is 0. The van der Waals surface area contributed by atoms with Gasteiger partial charge >= 0.3 is 5.97 Å². The van der Waals surface area contributed by atoms with E-state index >= 15 is 0 Å². The molecule has 23 heavy (non-hydrogen) atoms. The van der Waals surface area contributed by atoms with Gasteiger partial charge in [0.2, 0.25) is 0 Å². The fourth-order valence-electron chi connectivity index (χ4n) is 3.26. The molecule has 0 saturated heterocycles. The topological polar surface area (TPSA) is 26.3 Å². The van der Waals surface area contributed by atoms with E-state index in [4.69, 9.17) is 0 Å². The van der Waals surface area contributed by atoms with Gasteiger partial charge in [0, 0.05) is 0 Å². The van der Waals surface area contributed by atoms with Crippen molar-refractivity contribution in [3.8, 4) is 0 Å². The lowest BCUT2D eigenvalue weighted by atomic mass is 9.78. The molecule has 1 aromatic rings. The van der Waals surface area contributed by atoms with E-state index in [1.165, 1.54) is 24.0 Å². The van der Waals surface area contributed by atoms with Crippen molar-refractivity contribution in [3.63, 3.8) is 0 Å². The number of alkyl halides is 2. The van der Waals surface area contributed by atoms with Crippen LogP contribution in [0.4, 0.5) is 8.78 Å². The van der Waals surface area contributed by atoms with Gasteiger partial charge < -0.3 is 4.74 Å². The molecule has 0 unspecified atom stereocenters. The second-order valence-corrected chi connectivity index (χ2v) is 6.41. The first-order chi connectivity index (χ1) is 11.1. The number of hydrogen-bond donors (Lipinski definition) is 0. The van der Waals surface area contributed by atoms with Crippen LogP contribution in [-0.2, 0) is 16.0 Å². The van der Waals surface area contributed by atoms with Gasteiger partial charge in [0.15, 0.2) is 6.61 Å². The lowest BCUT2D eigenvalue weighted by Gasteiger charge is -2.27. The summed E-state index contributed by atoms with van der Waals surface area (Å²) in [6.07, 6.45) is 4.25. The predicted octanol–water partition coefficient (Wildman–Crippen LogP) is 5.11. The number of halogens is 2. The number of aryl methyl sites for hydroxylation is 1. The number of ether oxygens (including phenoxy) is 1. The Kier molecular flexibility index (Phi) is 7.00. The van der Waals surface area contributed by atoms with Crippen molar-refractivity contribution < 1.29 is 18.3 Å². The van der Waals surface area contributed by atoms with Crippen LogP contribution in [0.2, 0.25) is 0 Å². The SMILES string of the molecule is CCCCc1ccc([C@H]2CC[C@H](C(=O)OCC(F)F)CC2)cc1. The highest BCUT2D eigenvalue weighted by Crippen LogP contribution is 2.36. The monoisotopic (exact) mass is 324 g/mol. The molecule has 0 spiro atoms. The van der Waals surface area contributed by atoms with Crippen LogP contribution < -0.4 is 0 Å². The highest BCUT2D eigenvalue weighted by atomic mass is 19.3. The number of rotatable bonds is 7. The molecule has 2 rings (SSSR count). The van der Waals surface area contributed by atoms with Crippen LogP contribution in [0.5, 0.6) is 0 Å². The number of unbranched alkanes of at least 4 members (excludes halogenated alkanes) is 1. The molecular formula is C19H26F2O2. The second kappa shape index (κ2) is 8.99. The Morgan fingerprint density at radius 1 is 1.17 bits per heavy atom. The van der Waals surface area contributed by atoms with Crippen LogP contribution in [0.1, 0.15) is 62.5 Å². The van der Waals surface area contributed by atoms with Crippen LogP contribution in [-0.4, -0.2) is 19.0 Å². The Morgan fingerprint density at radius 3 is 2.39 bits per heavy atom. The summed E-state index contributed by atoms with van der Waals surface area (Å²) in [6.45, 7) is 1.41. The minimum Gasteiger partial charge on any atom is -0.459 e. The Morgan fingerprint density at radius 2 is 1.83 bits per heavy atom. The van der Waals surface area contributed by atoms with Gasteiger partial charge in [-0.25, -0.2) is 8.78 Å². The Balaban J connectivity index is 1.80. The summed E-state index contributed by atoms with van der Waals surface area (Å²) in [6, 6.07) is 8.80. The number of carbonyl (C=O) groups excluding carboxylic acids is 1. The molecule has 1 fully saturated rings. The molecule has 0 aromatic heterocycles. The molecule has 1 aliphatic carbocycles. The summed E-state index contributed by atoms with van der Waals surface area (Å²) in [5.74, 6) is -0.207. The van der Waals surface area contributed by atoms with E-state index in [1.54, 1.807) is 0 Å². The summed E-state index contributed by atoms with van der Waals surface area (Å²) < 4.78 is 28.8. The Bertz CT molecular complexity index is 477. The van der Waals surface area contributed by atoms with Crippen LogP contribution in [0.3, 0.4) is 0 Å². The average molecular weight is 324 g/mol. The summed E-state index contributed by atoms with van der Waals surface area (Å²) in [4.78, 5) is 11.7. The highest BCUT2D eigenvalue weighted by molar-refractivity contribution is 5.72. The van der Waals surface area contributed by atoms with Crippen LogP contribution in [0.25, 0.3) is 0 Å². The molecule has 0 N–H and O–H groups in total. The number of hydrogen-bond acceptors (Lipinski definition) is 2. The average Bonchev–Trinajstić information content (AvgIpc) is 2.58. The zero-order valence-electron chi connectivity index (χ0n) is 13.8. The fraction of sp³-hybridized carbons (Fsp3) is 0.632. The largest absolute Gasteiger partial charge is 0.459 e. The van der Waals surface area contributed by atoms with E-state index in [-0.39, 0.29) is 5.92 Å². The first-order valence-corrected chi connectivity index (χ1v) is 8.63. The first-order valence-electron chi connectivity index (χ1n) is 8.63. The normalized spacial score (nSPS) is 21.4. The fourth-order valence-corrected chi connectivity index (χ4v) is 3.26. The minimum atomic E-state index is -2.58. The third-order valence-corrected chi connectivity index (χ3v) is 4.68. The van der Waals surface area contributed by atoms with Crippen molar-refractivity contribution in [2.24, 2.45) is 5.92 Å². The van der Waals surface area contributed by atoms with Crippen molar-refractivity contribution in [1.29, 1.82) is 0 Å². The molecule has 1 aromatic carbocycles. The van der Waals surface area contributed by atoms with Crippen molar-refractivity contribution in [1.82, 2.24) is 0 Å². The number of carbonyl (C=O) groups is 1. The van der Waals surface area contributed by atoms with Crippen molar-refractivity contribution >= 4 is 5.97 Å². The molecule has 0 heterocycles. The van der Waals surface area contributed by atoms with E-state index in [9.17, 15) is 13.6 Å². The van der Waals surface area contributed by atoms with Crippen LogP contribution >= 0.6 is 0 Å². The molecule has 0 atom stereocenters. The lowest BCUT2D eigenvalue weighted by Crippen LogP contribution is -2.24.